The number of rotatable bonds is 38. The lowest BCUT2D eigenvalue weighted by Gasteiger charge is -2.14. The van der Waals surface area contributed by atoms with Gasteiger partial charge < -0.3 is 62.5 Å². The second kappa shape index (κ2) is 33.2. The lowest BCUT2D eigenvalue weighted by molar-refractivity contribution is -0.146. The summed E-state index contributed by atoms with van der Waals surface area (Å²) < 4.78 is 59.9. The van der Waals surface area contributed by atoms with Gasteiger partial charge in [-0.15, -0.1) is 0 Å². The van der Waals surface area contributed by atoms with E-state index >= 15 is 0 Å². The number of carboxylic acids is 1. The molecule has 58 heavy (non-hydrogen) atoms. The van der Waals surface area contributed by atoms with Crippen LogP contribution in [-0.4, -0.2) is 162 Å². The van der Waals surface area contributed by atoms with Crippen LogP contribution in [0.25, 0.3) is 11.1 Å². The fourth-order valence-electron chi connectivity index (χ4n) is 5.71. The van der Waals surface area contributed by atoms with Gasteiger partial charge in [0.05, 0.1) is 112 Å². The van der Waals surface area contributed by atoms with Crippen molar-refractivity contribution < 1.29 is 71.6 Å². The van der Waals surface area contributed by atoms with Gasteiger partial charge in [-0.1, -0.05) is 48.5 Å². The van der Waals surface area contributed by atoms with Crippen molar-refractivity contribution >= 4 is 18.0 Å². The first-order chi connectivity index (χ1) is 28.6. The van der Waals surface area contributed by atoms with Gasteiger partial charge in [-0.05, 0) is 41.5 Å². The third-order valence-corrected chi connectivity index (χ3v) is 8.57. The van der Waals surface area contributed by atoms with Crippen molar-refractivity contribution in [2.24, 2.45) is 0 Å². The Morgan fingerprint density at radius 3 is 1.28 bits per heavy atom. The highest BCUT2D eigenvalue weighted by atomic mass is 16.6. The molecule has 0 spiro atoms. The van der Waals surface area contributed by atoms with E-state index in [1.54, 1.807) is 0 Å². The number of unbranched alkanes of at least 4 members (excludes halogenated alkanes) is 1. The van der Waals surface area contributed by atoms with Gasteiger partial charge in [-0.3, -0.25) is 9.59 Å². The average molecular weight is 822 g/mol. The van der Waals surface area contributed by atoms with Crippen LogP contribution in [0.2, 0.25) is 0 Å². The standard InChI is InChI=1S/C42H63NO15/c44-40(45)12-5-6-13-41(46)57-33-32-56-31-30-55-29-28-54-27-26-53-25-24-52-23-22-51-21-20-50-19-18-49-17-16-48-15-7-14-43-42(47)58-34-39-37-10-3-1-8-35(37)36-9-2-4-11-38(36)39/h1-4,8-11,39H,5-7,12-34H2,(H,43,47)(H,44,45). The highest BCUT2D eigenvalue weighted by Crippen LogP contribution is 2.44. The number of carboxylic acid groups (broad SMARTS) is 1. The molecule has 0 radical (unpaired) electrons. The van der Waals surface area contributed by atoms with Crippen molar-refractivity contribution in [1.82, 2.24) is 5.32 Å². The van der Waals surface area contributed by atoms with E-state index < -0.39 is 12.1 Å². The van der Waals surface area contributed by atoms with Gasteiger partial charge in [0.15, 0.2) is 0 Å². The second-order valence-corrected chi connectivity index (χ2v) is 12.9. The number of amides is 1. The maximum absolute atomic E-state index is 12.3. The van der Waals surface area contributed by atoms with Crippen molar-refractivity contribution in [2.75, 3.05) is 139 Å². The van der Waals surface area contributed by atoms with Crippen molar-refractivity contribution in [3.63, 3.8) is 0 Å². The van der Waals surface area contributed by atoms with E-state index in [4.69, 9.17) is 57.2 Å². The Bertz CT molecular complexity index is 1330. The normalized spacial score (nSPS) is 12.0. The molecule has 1 aliphatic carbocycles. The van der Waals surface area contributed by atoms with Gasteiger partial charge >= 0.3 is 18.0 Å². The molecule has 0 fully saturated rings. The molecule has 2 aromatic rings. The number of benzene rings is 2. The fourth-order valence-corrected chi connectivity index (χ4v) is 5.71. The summed E-state index contributed by atoms with van der Waals surface area (Å²) in [6.45, 7) is 8.97. The van der Waals surface area contributed by atoms with E-state index in [1.165, 1.54) is 22.3 Å². The minimum atomic E-state index is -0.866. The summed E-state index contributed by atoms with van der Waals surface area (Å²) in [4.78, 5) is 34.2. The fraction of sp³-hybridized carbons (Fsp3) is 0.643. The zero-order valence-corrected chi connectivity index (χ0v) is 33.7. The Kier molecular flexibility index (Phi) is 27.8. The number of nitrogens with one attached hydrogen (secondary N) is 1. The molecule has 326 valence electrons. The number of aliphatic carboxylic acids is 1. The maximum atomic E-state index is 12.3. The molecule has 2 N–H and O–H groups in total. The Hall–Kier alpha value is -3.71. The maximum Gasteiger partial charge on any atom is 0.407 e. The topological polar surface area (TPSA) is 185 Å². The van der Waals surface area contributed by atoms with Gasteiger partial charge in [0, 0.05) is 31.9 Å². The summed E-state index contributed by atoms with van der Waals surface area (Å²) in [7, 11) is 0. The predicted octanol–water partition coefficient (Wildman–Crippen LogP) is 4.25. The van der Waals surface area contributed by atoms with Gasteiger partial charge in [0.1, 0.15) is 13.2 Å². The van der Waals surface area contributed by atoms with Gasteiger partial charge in [-0.25, -0.2) is 4.79 Å². The van der Waals surface area contributed by atoms with Crippen LogP contribution in [0.4, 0.5) is 4.79 Å². The van der Waals surface area contributed by atoms with E-state index in [0.717, 1.165) is 0 Å². The smallest absolute Gasteiger partial charge is 0.407 e. The number of alkyl carbamates (subject to hydrolysis) is 1. The Morgan fingerprint density at radius 2 is 0.845 bits per heavy atom. The van der Waals surface area contributed by atoms with Crippen LogP contribution in [0, 0.1) is 0 Å². The van der Waals surface area contributed by atoms with Crippen LogP contribution in [-0.2, 0) is 61.7 Å². The van der Waals surface area contributed by atoms with Gasteiger partial charge in [0.2, 0.25) is 0 Å². The Balaban J connectivity index is 0.939. The van der Waals surface area contributed by atoms with Crippen LogP contribution in [0.1, 0.15) is 49.1 Å². The molecular weight excluding hydrogens is 758 g/mol. The molecule has 2 aromatic carbocycles. The molecule has 0 saturated carbocycles. The summed E-state index contributed by atoms with van der Waals surface area (Å²) in [5.41, 5.74) is 4.78. The molecule has 0 atom stereocenters. The van der Waals surface area contributed by atoms with Crippen LogP contribution in [0.3, 0.4) is 0 Å². The third kappa shape index (κ3) is 23.0. The van der Waals surface area contributed by atoms with E-state index in [9.17, 15) is 14.4 Å². The summed E-state index contributed by atoms with van der Waals surface area (Å²) in [6.07, 6.45) is 1.47. The predicted molar refractivity (Wildman–Crippen MR) is 212 cm³/mol. The summed E-state index contributed by atoms with van der Waals surface area (Å²) in [5.74, 6) is -1.18. The molecule has 0 bridgehead atoms. The monoisotopic (exact) mass is 821 g/mol. The van der Waals surface area contributed by atoms with Crippen molar-refractivity contribution in [1.29, 1.82) is 0 Å². The van der Waals surface area contributed by atoms with Crippen LogP contribution in [0.15, 0.2) is 48.5 Å². The molecule has 0 aromatic heterocycles. The number of hydrogen-bond acceptors (Lipinski definition) is 14. The zero-order chi connectivity index (χ0) is 41.1. The third-order valence-electron chi connectivity index (χ3n) is 8.57. The first-order valence-corrected chi connectivity index (χ1v) is 20.2. The van der Waals surface area contributed by atoms with Crippen LogP contribution < -0.4 is 5.32 Å². The summed E-state index contributed by atoms with van der Waals surface area (Å²) in [5, 5.41) is 11.4. The summed E-state index contributed by atoms with van der Waals surface area (Å²) >= 11 is 0. The number of hydrogen-bond donors (Lipinski definition) is 2. The van der Waals surface area contributed by atoms with Gasteiger partial charge in [-0.2, -0.15) is 0 Å². The molecular formula is C42H63NO15. The Labute approximate surface area is 342 Å². The molecule has 16 heteroatoms. The number of carbonyl (C=O) groups excluding carboxylic acids is 2. The highest BCUT2D eigenvalue weighted by molar-refractivity contribution is 5.79. The first kappa shape index (κ1) is 48.7. The van der Waals surface area contributed by atoms with E-state index in [1.807, 2.05) is 24.3 Å². The van der Waals surface area contributed by atoms with Crippen LogP contribution in [0.5, 0.6) is 0 Å². The summed E-state index contributed by atoms with van der Waals surface area (Å²) in [6, 6.07) is 16.5. The van der Waals surface area contributed by atoms with Crippen LogP contribution >= 0.6 is 0 Å². The largest absolute Gasteiger partial charge is 0.481 e. The van der Waals surface area contributed by atoms with E-state index in [2.05, 4.69) is 29.6 Å². The first-order valence-electron chi connectivity index (χ1n) is 20.2. The molecule has 0 unspecified atom stereocenters. The second-order valence-electron chi connectivity index (χ2n) is 12.9. The number of ether oxygens (including phenoxy) is 11. The lowest BCUT2D eigenvalue weighted by atomic mass is 9.98. The average Bonchev–Trinajstić information content (AvgIpc) is 3.55. The molecule has 3 rings (SSSR count). The molecule has 1 aliphatic rings. The number of esters is 1. The molecule has 0 aliphatic heterocycles. The highest BCUT2D eigenvalue weighted by Gasteiger charge is 2.29. The SMILES string of the molecule is O=C(O)CCCCC(=O)OCCOCCOCCOCCOCCOCCOCCOCCOCCOCCCNC(=O)OCC1c2ccccc2-c2ccccc21. The minimum Gasteiger partial charge on any atom is -0.481 e. The number of fused-ring (bicyclic) bond motifs is 3. The Morgan fingerprint density at radius 1 is 0.466 bits per heavy atom. The van der Waals surface area contributed by atoms with Crippen molar-refractivity contribution in [3.05, 3.63) is 59.7 Å². The quantitative estimate of drug-likeness (QED) is 0.0723. The molecule has 0 heterocycles. The number of carbonyl (C=O) groups is 3. The molecule has 0 saturated heterocycles. The van der Waals surface area contributed by atoms with E-state index in [-0.39, 0.29) is 37.9 Å². The zero-order valence-electron chi connectivity index (χ0n) is 33.7. The van der Waals surface area contributed by atoms with Crippen molar-refractivity contribution in [3.8, 4) is 11.1 Å². The molecule has 16 nitrogen and oxygen atoms in total. The lowest BCUT2D eigenvalue weighted by Crippen LogP contribution is -2.27. The molecule has 1 amide bonds. The minimum absolute atomic E-state index is 0.0418. The van der Waals surface area contributed by atoms with Gasteiger partial charge in [0.25, 0.3) is 0 Å². The van der Waals surface area contributed by atoms with E-state index in [0.29, 0.717) is 145 Å². The van der Waals surface area contributed by atoms with Crippen molar-refractivity contribution in [2.45, 2.75) is 38.0 Å².